The Labute approximate surface area is 108 Å². The van der Waals surface area contributed by atoms with Crippen LogP contribution in [0.1, 0.15) is 23.4 Å². The van der Waals surface area contributed by atoms with Crippen LogP contribution in [0.4, 0.5) is 5.88 Å². The second kappa shape index (κ2) is 5.51. The summed E-state index contributed by atoms with van der Waals surface area (Å²) in [6, 6.07) is 2.49. The molecular weight excluding hydrogens is 254 g/mol. The Morgan fingerprint density at radius 3 is 2.68 bits per heavy atom. The number of carbonyl (C=O) groups is 1. The van der Waals surface area contributed by atoms with Crippen molar-refractivity contribution >= 4 is 17.5 Å². The molecule has 0 aliphatic carbocycles. The molecule has 1 aromatic rings. The largest absolute Gasteiger partial charge is 0.433 e. The molecule has 2 heterocycles. The molecule has 0 N–H and O–H groups in total. The predicted molar refractivity (Wildman–Crippen MR) is 64.9 cm³/mol. The van der Waals surface area contributed by atoms with Crippen molar-refractivity contribution in [2.24, 2.45) is 5.16 Å². The van der Waals surface area contributed by atoms with E-state index in [2.05, 4.69) is 9.99 Å². The smallest absolute Gasteiger partial charge is 0.399 e. The molecule has 0 aromatic carbocycles. The van der Waals surface area contributed by atoms with E-state index >= 15 is 0 Å². The van der Waals surface area contributed by atoms with Crippen LogP contribution in [0.3, 0.4) is 0 Å². The molecule has 1 aromatic heterocycles. The number of furan rings is 1. The molecular formula is C11H13N3O5. The van der Waals surface area contributed by atoms with E-state index < -0.39 is 10.8 Å². The monoisotopic (exact) mass is 267 g/mol. The zero-order chi connectivity index (χ0) is 13.8. The maximum Gasteiger partial charge on any atom is 0.433 e. The Kier molecular flexibility index (Phi) is 3.79. The van der Waals surface area contributed by atoms with Crippen molar-refractivity contribution in [3.05, 3.63) is 28.0 Å². The first-order chi connectivity index (χ1) is 9.11. The number of likely N-dealkylation sites (tertiary alicyclic amines) is 1. The van der Waals surface area contributed by atoms with Gasteiger partial charge in [-0.2, -0.15) is 0 Å². The maximum absolute atomic E-state index is 12.0. The fourth-order valence-corrected chi connectivity index (χ4v) is 1.88. The average molecular weight is 267 g/mol. The van der Waals surface area contributed by atoms with Gasteiger partial charge in [0.2, 0.25) is 0 Å². The maximum atomic E-state index is 12.0. The number of carbonyl (C=O) groups excluding carboxylic acids is 1. The summed E-state index contributed by atoms with van der Waals surface area (Å²) in [5.41, 5.74) is 0.900. The van der Waals surface area contributed by atoms with Crippen molar-refractivity contribution in [2.45, 2.75) is 12.8 Å². The summed E-state index contributed by atoms with van der Waals surface area (Å²) in [7, 11) is 1.48. The minimum absolute atomic E-state index is 0.0150. The summed E-state index contributed by atoms with van der Waals surface area (Å²) < 4.78 is 4.89. The molecule has 0 bridgehead atoms. The molecule has 1 fully saturated rings. The first kappa shape index (κ1) is 13.1. The minimum atomic E-state index is -0.670. The van der Waals surface area contributed by atoms with E-state index in [0.717, 1.165) is 5.71 Å². The first-order valence-electron chi connectivity index (χ1n) is 5.74. The van der Waals surface area contributed by atoms with Crippen molar-refractivity contribution in [3.8, 4) is 0 Å². The lowest BCUT2D eigenvalue weighted by atomic mass is 10.1. The van der Waals surface area contributed by atoms with E-state index in [4.69, 9.17) is 4.42 Å². The van der Waals surface area contributed by atoms with Crippen molar-refractivity contribution in [1.82, 2.24) is 4.90 Å². The standard InChI is InChI=1S/C11H13N3O5/c1-18-12-8-4-6-13(7-5-8)11(15)9-2-3-10(19-9)14(16)17/h2-3H,4-7H2,1H3. The fourth-order valence-electron chi connectivity index (χ4n) is 1.88. The van der Waals surface area contributed by atoms with E-state index in [1.807, 2.05) is 0 Å². The van der Waals surface area contributed by atoms with Crippen LogP contribution in [0.25, 0.3) is 0 Å². The highest BCUT2D eigenvalue weighted by molar-refractivity contribution is 5.94. The zero-order valence-corrected chi connectivity index (χ0v) is 10.4. The number of amides is 1. The number of piperidine rings is 1. The molecule has 0 unspecified atom stereocenters. The third-order valence-electron chi connectivity index (χ3n) is 2.83. The highest BCUT2D eigenvalue weighted by Crippen LogP contribution is 2.19. The van der Waals surface area contributed by atoms with Crippen LogP contribution >= 0.6 is 0 Å². The summed E-state index contributed by atoms with van der Waals surface area (Å²) in [4.78, 5) is 28.1. The van der Waals surface area contributed by atoms with Crippen molar-refractivity contribution < 1.29 is 19.0 Å². The molecule has 1 amide bonds. The lowest BCUT2D eigenvalue weighted by molar-refractivity contribution is -0.402. The first-order valence-corrected chi connectivity index (χ1v) is 5.74. The SMILES string of the molecule is CON=C1CCN(C(=O)c2ccc([N+](=O)[O-])o2)CC1. The van der Waals surface area contributed by atoms with E-state index in [0.29, 0.717) is 25.9 Å². The van der Waals surface area contributed by atoms with E-state index in [-0.39, 0.29) is 11.7 Å². The normalized spacial score (nSPS) is 15.2. The van der Waals surface area contributed by atoms with Crippen LogP contribution in [-0.2, 0) is 4.84 Å². The van der Waals surface area contributed by atoms with Gasteiger partial charge in [-0.05, 0) is 6.07 Å². The lowest BCUT2D eigenvalue weighted by Crippen LogP contribution is -2.38. The molecule has 0 atom stereocenters. The third-order valence-corrected chi connectivity index (χ3v) is 2.83. The van der Waals surface area contributed by atoms with Gasteiger partial charge in [-0.15, -0.1) is 0 Å². The topological polar surface area (TPSA) is 98.2 Å². The summed E-state index contributed by atoms with van der Waals surface area (Å²) >= 11 is 0. The van der Waals surface area contributed by atoms with Gasteiger partial charge in [0.25, 0.3) is 5.91 Å². The molecule has 0 saturated carbocycles. The van der Waals surface area contributed by atoms with E-state index in [1.165, 1.54) is 19.2 Å². The van der Waals surface area contributed by atoms with E-state index in [9.17, 15) is 14.9 Å². The number of nitro groups is 1. The van der Waals surface area contributed by atoms with Crippen molar-refractivity contribution in [3.63, 3.8) is 0 Å². The van der Waals surface area contributed by atoms with Gasteiger partial charge in [-0.1, -0.05) is 5.16 Å². The van der Waals surface area contributed by atoms with Gasteiger partial charge in [-0.25, -0.2) is 0 Å². The molecule has 0 spiro atoms. The fraction of sp³-hybridized carbons (Fsp3) is 0.455. The Bertz CT molecular complexity index is 512. The number of hydrogen-bond acceptors (Lipinski definition) is 6. The van der Waals surface area contributed by atoms with Gasteiger partial charge >= 0.3 is 5.88 Å². The van der Waals surface area contributed by atoms with E-state index in [1.54, 1.807) is 4.90 Å². The minimum Gasteiger partial charge on any atom is -0.399 e. The van der Waals surface area contributed by atoms with Crippen LogP contribution < -0.4 is 0 Å². The van der Waals surface area contributed by atoms with Crippen LogP contribution in [0, 0.1) is 10.1 Å². The van der Waals surface area contributed by atoms with Gasteiger partial charge in [0.15, 0.2) is 5.76 Å². The molecule has 0 radical (unpaired) electrons. The molecule has 1 aliphatic rings. The molecule has 1 saturated heterocycles. The van der Waals surface area contributed by atoms with Crippen LogP contribution in [0.2, 0.25) is 0 Å². The van der Waals surface area contributed by atoms with Crippen molar-refractivity contribution in [1.29, 1.82) is 0 Å². The number of rotatable bonds is 3. The lowest BCUT2D eigenvalue weighted by Gasteiger charge is -2.26. The van der Waals surface area contributed by atoms with Gasteiger partial charge < -0.3 is 14.2 Å². The average Bonchev–Trinajstić information content (AvgIpc) is 2.89. The predicted octanol–water partition coefficient (Wildman–Crippen LogP) is 1.43. The highest BCUT2D eigenvalue weighted by atomic mass is 16.6. The highest BCUT2D eigenvalue weighted by Gasteiger charge is 2.25. The van der Waals surface area contributed by atoms with Gasteiger partial charge in [0.05, 0.1) is 11.8 Å². The quantitative estimate of drug-likeness (QED) is 0.609. The molecule has 2 rings (SSSR count). The molecule has 8 nitrogen and oxygen atoms in total. The number of hydrogen-bond donors (Lipinski definition) is 0. The molecule has 19 heavy (non-hydrogen) atoms. The van der Waals surface area contributed by atoms with Crippen LogP contribution in [-0.4, -0.2) is 41.6 Å². The van der Waals surface area contributed by atoms with Crippen LogP contribution in [0.15, 0.2) is 21.7 Å². The zero-order valence-electron chi connectivity index (χ0n) is 10.4. The third kappa shape index (κ3) is 2.90. The van der Waals surface area contributed by atoms with Gasteiger partial charge in [-0.3, -0.25) is 14.9 Å². The Hall–Kier alpha value is -2.38. The summed E-state index contributed by atoms with van der Waals surface area (Å²) in [6.07, 6.45) is 1.25. The Morgan fingerprint density at radius 1 is 1.47 bits per heavy atom. The molecule has 1 aliphatic heterocycles. The Balaban J connectivity index is 2.01. The summed E-state index contributed by atoms with van der Waals surface area (Å²) in [6.45, 7) is 0.991. The number of oxime groups is 1. The van der Waals surface area contributed by atoms with Gasteiger partial charge in [0, 0.05) is 25.9 Å². The second-order valence-electron chi connectivity index (χ2n) is 4.03. The summed E-state index contributed by atoms with van der Waals surface area (Å²) in [5.74, 6) is -0.787. The van der Waals surface area contributed by atoms with Crippen LogP contribution in [0.5, 0.6) is 0 Å². The number of nitrogens with zero attached hydrogens (tertiary/aromatic N) is 3. The molecule has 8 heteroatoms. The second-order valence-corrected chi connectivity index (χ2v) is 4.03. The van der Waals surface area contributed by atoms with Gasteiger partial charge in [0.1, 0.15) is 12.0 Å². The molecule has 102 valence electrons. The van der Waals surface area contributed by atoms with Crippen molar-refractivity contribution in [2.75, 3.05) is 20.2 Å². The summed E-state index contributed by atoms with van der Waals surface area (Å²) in [5, 5.41) is 14.3. The Morgan fingerprint density at radius 2 is 2.16 bits per heavy atom.